The fourth-order valence-corrected chi connectivity index (χ4v) is 3.45. The van der Waals surface area contributed by atoms with Crippen LogP contribution in [-0.4, -0.2) is 33.2 Å². The molecule has 2 rings (SSSR count). The molecule has 0 aliphatic heterocycles. The van der Waals surface area contributed by atoms with Crippen molar-refractivity contribution in [1.82, 2.24) is 5.32 Å². The Hall–Kier alpha value is -2.84. The Kier molecular flexibility index (Phi) is 20.6. The Bertz CT molecular complexity index is 828. The van der Waals surface area contributed by atoms with Gasteiger partial charge in [-0.2, -0.15) is 0 Å². The van der Waals surface area contributed by atoms with Crippen LogP contribution >= 0.6 is 8.58 Å². The molecular weight excluding hydrogens is 429 g/mol. The van der Waals surface area contributed by atoms with Crippen molar-refractivity contribution in [2.75, 3.05) is 13.7 Å². The van der Waals surface area contributed by atoms with Gasteiger partial charge in [-0.25, -0.2) is 0 Å². The Morgan fingerprint density at radius 1 is 0.909 bits per heavy atom. The second kappa shape index (κ2) is 21.0. The lowest BCUT2D eigenvalue weighted by molar-refractivity contribution is -0.120. The topological polar surface area (TPSA) is 63.2 Å². The van der Waals surface area contributed by atoms with Crippen LogP contribution in [0.3, 0.4) is 0 Å². The number of unbranched alkanes of at least 4 members (excludes halogenated alkanes) is 2. The standard InChI is InChI=1S/C19H21P.C7H15NO.2CH2O/c1-14-10-12-18(13-11-14)19(16(3)20-4)15(2)17-8-6-5-7-9-17;1-3-4-5-6-7(9)8-2;2*1-2/h5-13,20H,2H2,1,3-4H3;3-6H2,1-2H3,(H,8,9);2*1H2/b19-16+;;;. The molecule has 33 heavy (non-hydrogen) atoms. The smallest absolute Gasteiger partial charge is 0.219 e. The van der Waals surface area contributed by atoms with E-state index in [-0.39, 0.29) is 5.91 Å². The van der Waals surface area contributed by atoms with Crippen molar-refractivity contribution in [3.8, 4) is 0 Å². The van der Waals surface area contributed by atoms with Gasteiger partial charge in [-0.15, -0.1) is 0 Å². The highest BCUT2D eigenvalue weighted by Crippen LogP contribution is 2.37. The van der Waals surface area contributed by atoms with Crippen LogP contribution in [0.2, 0.25) is 0 Å². The van der Waals surface area contributed by atoms with Crippen LogP contribution in [0.1, 0.15) is 56.2 Å². The van der Waals surface area contributed by atoms with Gasteiger partial charge >= 0.3 is 0 Å². The Balaban J connectivity index is 0. The molecule has 0 saturated heterocycles. The SMILES string of the molecule is C=C(/C(=C(/C)PC)c1ccc(C)cc1)c1ccccc1.C=O.C=O.CCCCCC(=O)NC. The molecular formula is C28H40NO3P. The zero-order valence-electron chi connectivity index (χ0n) is 20.9. The van der Waals surface area contributed by atoms with E-state index < -0.39 is 0 Å². The van der Waals surface area contributed by atoms with Crippen LogP contribution in [0.5, 0.6) is 0 Å². The summed E-state index contributed by atoms with van der Waals surface area (Å²) in [6, 6.07) is 19.2. The molecule has 0 fully saturated rings. The first-order valence-electron chi connectivity index (χ1n) is 10.9. The fraction of sp³-hybridized carbons (Fsp3) is 0.321. The molecule has 0 radical (unpaired) electrons. The van der Waals surface area contributed by atoms with E-state index in [2.05, 4.69) is 87.9 Å². The molecule has 0 aliphatic carbocycles. The number of amides is 1. The number of hydrogen-bond acceptors (Lipinski definition) is 3. The molecule has 0 aliphatic rings. The maximum Gasteiger partial charge on any atom is 0.219 e. The third-order valence-electron chi connectivity index (χ3n) is 4.80. The van der Waals surface area contributed by atoms with Crippen molar-refractivity contribution in [2.24, 2.45) is 0 Å². The van der Waals surface area contributed by atoms with Gasteiger partial charge in [-0.3, -0.25) is 4.79 Å². The van der Waals surface area contributed by atoms with Crippen molar-refractivity contribution in [1.29, 1.82) is 0 Å². The monoisotopic (exact) mass is 469 g/mol. The third-order valence-corrected chi connectivity index (χ3v) is 5.80. The molecule has 0 bridgehead atoms. The van der Waals surface area contributed by atoms with Gasteiger partial charge in [0, 0.05) is 13.5 Å². The summed E-state index contributed by atoms with van der Waals surface area (Å²) in [6.45, 7) is 17.0. The van der Waals surface area contributed by atoms with Gasteiger partial charge < -0.3 is 14.9 Å². The van der Waals surface area contributed by atoms with E-state index in [0.717, 1.165) is 27.0 Å². The van der Waals surface area contributed by atoms with Crippen LogP contribution in [0, 0.1) is 6.92 Å². The van der Waals surface area contributed by atoms with Gasteiger partial charge in [0.15, 0.2) is 0 Å². The maximum absolute atomic E-state index is 10.6. The zero-order chi connectivity index (χ0) is 25.6. The molecule has 1 atom stereocenters. The summed E-state index contributed by atoms with van der Waals surface area (Å²) >= 11 is 0. The van der Waals surface area contributed by atoms with E-state index in [9.17, 15) is 4.79 Å². The van der Waals surface area contributed by atoms with Crippen LogP contribution < -0.4 is 5.32 Å². The van der Waals surface area contributed by atoms with Crippen LogP contribution in [0.15, 0.2) is 66.5 Å². The van der Waals surface area contributed by atoms with Crippen LogP contribution in [0.25, 0.3) is 11.1 Å². The van der Waals surface area contributed by atoms with Crippen molar-refractivity contribution in [2.45, 2.75) is 46.5 Å². The van der Waals surface area contributed by atoms with Crippen molar-refractivity contribution in [3.05, 3.63) is 83.2 Å². The summed E-state index contributed by atoms with van der Waals surface area (Å²) in [5.74, 6) is 0.156. The van der Waals surface area contributed by atoms with Crippen molar-refractivity contribution >= 4 is 39.2 Å². The second-order valence-corrected chi connectivity index (χ2v) is 8.34. The van der Waals surface area contributed by atoms with Gasteiger partial charge in [0.05, 0.1) is 0 Å². The maximum atomic E-state index is 10.6. The van der Waals surface area contributed by atoms with Crippen LogP contribution in [0.4, 0.5) is 0 Å². The van der Waals surface area contributed by atoms with Gasteiger partial charge in [0.25, 0.3) is 0 Å². The molecule has 0 spiro atoms. The number of allylic oxidation sites excluding steroid dienone is 3. The highest BCUT2D eigenvalue weighted by Gasteiger charge is 2.11. The van der Waals surface area contributed by atoms with Crippen molar-refractivity contribution in [3.63, 3.8) is 0 Å². The highest BCUT2D eigenvalue weighted by molar-refractivity contribution is 7.42. The summed E-state index contributed by atoms with van der Waals surface area (Å²) in [5.41, 5.74) is 6.14. The largest absolute Gasteiger partial charge is 0.359 e. The lowest BCUT2D eigenvalue weighted by Crippen LogP contribution is -2.16. The third kappa shape index (κ3) is 13.3. The lowest BCUT2D eigenvalue weighted by Gasteiger charge is -2.15. The quantitative estimate of drug-likeness (QED) is 0.266. The van der Waals surface area contributed by atoms with Crippen LogP contribution in [-0.2, 0) is 14.4 Å². The van der Waals surface area contributed by atoms with E-state index in [1.54, 1.807) is 7.05 Å². The van der Waals surface area contributed by atoms with Crippen molar-refractivity contribution < 1.29 is 14.4 Å². The Morgan fingerprint density at radius 3 is 1.91 bits per heavy atom. The summed E-state index contributed by atoms with van der Waals surface area (Å²) in [5, 5.41) is 3.99. The van der Waals surface area contributed by atoms with Gasteiger partial charge in [-0.1, -0.05) is 95.1 Å². The molecule has 0 saturated carbocycles. The van der Waals surface area contributed by atoms with E-state index >= 15 is 0 Å². The molecule has 0 heterocycles. The molecule has 2 aromatic rings. The molecule has 180 valence electrons. The molecule has 1 amide bonds. The van der Waals surface area contributed by atoms with E-state index in [0.29, 0.717) is 6.42 Å². The number of benzene rings is 2. The fourth-order valence-electron chi connectivity index (χ4n) is 2.91. The first kappa shape index (κ1) is 32.3. The number of nitrogens with one attached hydrogen (secondary N) is 1. The summed E-state index contributed by atoms with van der Waals surface area (Å²) in [7, 11) is 2.47. The lowest BCUT2D eigenvalue weighted by atomic mass is 9.93. The predicted octanol–water partition coefficient (Wildman–Crippen LogP) is 6.69. The number of hydrogen-bond donors (Lipinski definition) is 1. The number of rotatable bonds is 8. The summed E-state index contributed by atoms with van der Waals surface area (Å²) < 4.78 is 0. The Morgan fingerprint density at radius 2 is 1.45 bits per heavy atom. The second-order valence-electron chi connectivity index (χ2n) is 7.09. The zero-order valence-corrected chi connectivity index (χ0v) is 21.9. The molecule has 1 N–H and O–H groups in total. The summed E-state index contributed by atoms with van der Waals surface area (Å²) in [6.07, 6.45) is 4.05. The van der Waals surface area contributed by atoms with Gasteiger partial charge in [0.2, 0.25) is 5.91 Å². The molecule has 4 nitrogen and oxygen atoms in total. The first-order valence-corrected chi connectivity index (χ1v) is 12.4. The van der Waals surface area contributed by atoms with E-state index in [1.807, 2.05) is 19.6 Å². The minimum absolute atomic E-state index is 0.156. The number of aryl methyl sites for hydroxylation is 1. The molecule has 0 aromatic heterocycles. The number of carbonyl (C=O) groups excluding carboxylic acids is 3. The minimum atomic E-state index is 0.156. The predicted molar refractivity (Wildman–Crippen MR) is 146 cm³/mol. The molecule has 1 unspecified atom stereocenters. The first-order chi connectivity index (χ1) is 15.9. The van der Waals surface area contributed by atoms with E-state index in [4.69, 9.17) is 9.59 Å². The minimum Gasteiger partial charge on any atom is -0.359 e. The van der Waals surface area contributed by atoms with Gasteiger partial charge in [-0.05, 0) is 54.5 Å². The average Bonchev–Trinajstić information content (AvgIpc) is 2.88. The van der Waals surface area contributed by atoms with Gasteiger partial charge in [0.1, 0.15) is 13.6 Å². The highest BCUT2D eigenvalue weighted by atomic mass is 31.1. The summed E-state index contributed by atoms with van der Waals surface area (Å²) in [4.78, 5) is 26.6. The normalized spacial score (nSPS) is 10.3. The average molecular weight is 470 g/mol. The van der Waals surface area contributed by atoms with E-state index in [1.165, 1.54) is 34.0 Å². The molecule has 5 heteroatoms. The number of carbonyl (C=O) groups is 3. The Labute approximate surface area is 202 Å². The molecule has 2 aromatic carbocycles.